The zero-order valence-electron chi connectivity index (χ0n) is 9.15. The Morgan fingerprint density at radius 2 is 2.13 bits per heavy atom. The summed E-state index contributed by atoms with van der Waals surface area (Å²) in [7, 11) is 3.10. The second kappa shape index (κ2) is 4.95. The van der Waals surface area contributed by atoms with Gasteiger partial charge in [0, 0.05) is 6.07 Å². The minimum Gasteiger partial charge on any atom is -0.496 e. The van der Waals surface area contributed by atoms with Crippen LogP contribution >= 0.6 is 0 Å². The smallest absolute Gasteiger partial charge is 0.220 e. The number of aliphatic hydroxyl groups excluding tert-OH is 1. The second-order valence-corrected chi connectivity index (χ2v) is 3.17. The molecule has 0 spiro atoms. The van der Waals surface area contributed by atoms with Crippen molar-refractivity contribution in [2.24, 2.45) is 5.73 Å². The fraction of sp³-hybridized carbons (Fsp3) is 0.500. The molecule has 5 nitrogen and oxygen atoms in total. The van der Waals surface area contributed by atoms with Crippen LogP contribution in [0.3, 0.4) is 0 Å². The van der Waals surface area contributed by atoms with Gasteiger partial charge < -0.3 is 20.3 Å². The number of ether oxygens (including phenoxy) is 2. The highest BCUT2D eigenvalue weighted by Gasteiger charge is 2.14. The first-order valence-corrected chi connectivity index (χ1v) is 4.60. The van der Waals surface area contributed by atoms with E-state index in [0.29, 0.717) is 17.3 Å². The summed E-state index contributed by atoms with van der Waals surface area (Å²) in [6.07, 6.45) is 0. The normalized spacial score (nSPS) is 12.3. The van der Waals surface area contributed by atoms with Crippen LogP contribution in [-0.4, -0.2) is 30.9 Å². The molecule has 3 N–H and O–H groups in total. The Labute approximate surface area is 88.8 Å². The van der Waals surface area contributed by atoms with Crippen LogP contribution in [0.25, 0.3) is 0 Å². The standard InChI is InChI=1S/C10H16N2O3/c1-6-9(14-2)4-8(7(11)5-13)12-10(6)15-3/h4,7,13H,5,11H2,1-3H3. The Hall–Kier alpha value is -1.33. The molecular weight excluding hydrogens is 196 g/mol. The van der Waals surface area contributed by atoms with Crippen LogP contribution in [0.15, 0.2) is 6.07 Å². The van der Waals surface area contributed by atoms with Crippen LogP contribution in [0, 0.1) is 6.92 Å². The fourth-order valence-electron chi connectivity index (χ4n) is 1.28. The maximum absolute atomic E-state index is 8.94. The van der Waals surface area contributed by atoms with Crippen molar-refractivity contribution in [1.82, 2.24) is 4.98 Å². The van der Waals surface area contributed by atoms with Crippen molar-refractivity contribution in [3.05, 3.63) is 17.3 Å². The number of aliphatic hydroxyl groups is 1. The van der Waals surface area contributed by atoms with Crippen molar-refractivity contribution in [2.45, 2.75) is 13.0 Å². The maximum atomic E-state index is 8.94. The van der Waals surface area contributed by atoms with Gasteiger partial charge in [-0.3, -0.25) is 0 Å². The van der Waals surface area contributed by atoms with E-state index in [2.05, 4.69) is 4.98 Å². The van der Waals surface area contributed by atoms with Crippen molar-refractivity contribution >= 4 is 0 Å². The van der Waals surface area contributed by atoms with Crippen molar-refractivity contribution in [3.63, 3.8) is 0 Å². The third-order valence-corrected chi connectivity index (χ3v) is 2.19. The molecule has 84 valence electrons. The molecular formula is C10H16N2O3. The number of hydrogen-bond acceptors (Lipinski definition) is 5. The first-order valence-electron chi connectivity index (χ1n) is 4.60. The van der Waals surface area contributed by atoms with Crippen molar-refractivity contribution in [2.75, 3.05) is 20.8 Å². The molecule has 0 saturated carbocycles. The van der Waals surface area contributed by atoms with E-state index in [4.69, 9.17) is 20.3 Å². The summed E-state index contributed by atoms with van der Waals surface area (Å²) in [5.41, 5.74) is 7.03. The summed E-state index contributed by atoms with van der Waals surface area (Å²) in [5.74, 6) is 1.12. The van der Waals surface area contributed by atoms with E-state index >= 15 is 0 Å². The molecule has 1 heterocycles. The third-order valence-electron chi connectivity index (χ3n) is 2.19. The second-order valence-electron chi connectivity index (χ2n) is 3.17. The predicted molar refractivity (Wildman–Crippen MR) is 56.1 cm³/mol. The van der Waals surface area contributed by atoms with Crippen molar-refractivity contribution < 1.29 is 14.6 Å². The van der Waals surface area contributed by atoms with E-state index in [1.165, 1.54) is 7.11 Å². The van der Waals surface area contributed by atoms with Gasteiger partial charge in [0.1, 0.15) is 5.75 Å². The van der Waals surface area contributed by atoms with Gasteiger partial charge >= 0.3 is 0 Å². The highest BCUT2D eigenvalue weighted by molar-refractivity contribution is 5.41. The molecule has 1 unspecified atom stereocenters. The van der Waals surface area contributed by atoms with Crippen LogP contribution in [-0.2, 0) is 0 Å². The lowest BCUT2D eigenvalue weighted by atomic mass is 10.1. The molecule has 1 rings (SSSR count). The molecule has 1 atom stereocenters. The van der Waals surface area contributed by atoms with Gasteiger partial charge in [-0.2, -0.15) is 0 Å². The summed E-state index contributed by atoms with van der Waals surface area (Å²) in [4.78, 5) is 4.18. The lowest BCUT2D eigenvalue weighted by Crippen LogP contribution is -2.16. The number of methoxy groups -OCH3 is 2. The molecule has 0 fully saturated rings. The van der Waals surface area contributed by atoms with E-state index in [-0.39, 0.29) is 6.61 Å². The molecule has 0 aromatic carbocycles. The average molecular weight is 212 g/mol. The molecule has 0 aliphatic heterocycles. The van der Waals surface area contributed by atoms with Crippen LogP contribution < -0.4 is 15.2 Å². The lowest BCUT2D eigenvalue weighted by molar-refractivity contribution is 0.264. The van der Waals surface area contributed by atoms with Gasteiger partial charge in [0.05, 0.1) is 38.1 Å². The van der Waals surface area contributed by atoms with E-state index < -0.39 is 6.04 Å². The summed E-state index contributed by atoms with van der Waals surface area (Å²) < 4.78 is 10.3. The molecule has 15 heavy (non-hydrogen) atoms. The maximum Gasteiger partial charge on any atom is 0.220 e. The van der Waals surface area contributed by atoms with Crippen LogP contribution in [0.5, 0.6) is 11.6 Å². The van der Waals surface area contributed by atoms with Gasteiger partial charge in [-0.1, -0.05) is 0 Å². The SMILES string of the molecule is COc1cc(C(N)CO)nc(OC)c1C. The van der Waals surface area contributed by atoms with Crippen molar-refractivity contribution in [3.8, 4) is 11.6 Å². The Kier molecular flexibility index (Phi) is 3.88. The van der Waals surface area contributed by atoms with Gasteiger partial charge in [-0.05, 0) is 6.92 Å². The summed E-state index contributed by atoms with van der Waals surface area (Å²) >= 11 is 0. The summed E-state index contributed by atoms with van der Waals surface area (Å²) in [5, 5.41) is 8.94. The van der Waals surface area contributed by atoms with E-state index in [9.17, 15) is 0 Å². The quantitative estimate of drug-likeness (QED) is 0.755. The number of hydrogen-bond donors (Lipinski definition) is 2. The number of pyridine rings is 1. The molecule has 0 radical (unpaired) electrons. The number of nitrogens with two attached hydrogens (primary N) is 1. The highest BCUT2D eigenvalue weighted by atomic mass is 16.5. The monoisotopic (exact) mass is 212 g/mol. The first-order chi connectivity index (χ1) is 7.13. The topological polar surface area (TPSA) is 77.6 Å². The zero-order chi connectivity index (χ0) is 11.4. The average Bonchev–Trinajstić information content (AvgIpc) is 2.28. The minimum absolute atomic E-state index is 0.164. The largest absolute Gasteiger partial charge is 0.496 e. The van der Waals surface area contributed by atoms with Crippen molar-refractivity contribution in [1.29, 1.82) is 0 Å². The molecule has 0 bridgehead atoms. The van der Waals surface area contributed by atoms with E-state index in [1.807, 2.05) is 6.92 Å². The Balaban J connectivity index is 3.20. The fourth-order valence-corrected chi connectivity index (χ4v) is 1.28. The zero-order valence-corrected chi connectivity index (χ0v) is 9.15. The highest BCUT2D eigenvalue weighted by Crippen LogP contribution is 2.28. The Morgan fingerprint density at radius 3 is 2.60 bits per heavy atom. The van der Waals surface area contributed by atoms with E-state index in [1.54, 1.807) is 13.2 Å². The van der Waals surface area contributed by atoms with Gasteiger partial charge in [0.15, 0.2) is 0 Å². The molecule has 1 aromatic rings. The molecule has 1 aromatic heterocycles. The lowest BCUT2D eigenvalue weighted by Gasteiger charge is -2.14. The third kappa shape index (κ3) is 2.37. The van der Waals surface area contributed by atoms with Gasteiger partial charge in [-0.15, -0.1) is 0 Å². The Bertz CT molecular complexity index is 316. The number of aromatic nitrogens is 1. The van der Waals surface area contributed by atoms with Gasteiger partial charge in [0.25, 0.3) is 0 Å². The van der Waals surface area contributed by atoms with E-state index in [0.717, 1.165) is 5.56 Å². The molecule has 0 saturated heterocycles. The Morgan fingerprint density at radius 1 is 1.47 bits per heavy atom. The van der Waals surface area contributed by atoms with Crippen LogP contribution in [0.1, 0.15) is 17.3 Å². The molecule has 0 aliphatic carbocycles. The molecule has 5 heteroatoms. The minimum atomic E-state index is -0.520. The van der Waals surface area contributed by atoms with Gasteiger partial charge in [0.2, 0.25) is 5.88 Å². The van der Waals surface area contributed by atoms with Crippen LogP contribution in [0.2, 0.25) is 0 Å². The van der Waals surface area contributed by atoms with Crippen LogP contribution in [0.4, 0.5) is 0 Å². The molecule has 0 amide bonds. The summed E-state index contributed by atoms with van der Waals surface area (Å²) in [6.45, 7) is 1.68. The number of nitrogens with zero attached hydrogens (tertiary/aromatic N) is 1. The number of rotatable bonds is 4. The molecule has 0 aliphatic rings. The predicted octanol–water partition coefficient (Wildman–Crippen LogP) is 0.399. The van der Waals surface area contributed by atoms with Gasteiger partial charge in [-0.25, -0.2) is 4.98 Å². The first kappa shape index (κ1) is 11.7. The summed E-state index contributed by atoms with van der Waals surface area (Å²) in [6, 6.07) is 1.19.